The number of benzene rings is 1. The molecule has 0 atom stereocenters. The number of esters is 1. The first kappa shape index (κ1) is 12.8. The predicted molar refractivity (Wildman–Crippen MR) is 65.5 cm³/mol. The first-order valence-corrected chi connectivity index (χ1v) is 5.49. The van der Waals surface area contributed by atoms with Crippen LogP contribution in [0.2, 0.25) is 5.02 Å². The summed E-state index contributed by atoms with van der Waals surface area (Å²) in [5.41, 5.74) is 2.05. The summed E-state index contributed by atoms with van der Waals surface area (Å²) in [6.45, 7) is 4.27. The lowest BCUT2D eigenvalue weighted by molar-refractivity contribution is -0.141. The van der Waals surface area contributed by atoms with Crippen molar-refractivity contribution in [3.63, 3.8) is 0 Å². The molecule has 0 bridgehead atoms. The van der Waals surface area contributed by atoms with E-state index in [1.807, 2.05) is 32.1 Å². The number of carbonyl (C=O) groups is 1. The van der Waals surface area contributed by atoms with Gasteiger partial charge in [0, 0.05) is 5.02 Å². The van der Waals surface area contributed by atoms with Crippen molar-refractivity contribution < 1.29 is 9.53 Å². The second-order valence-electron chi connectivity index (χ2n) is 3.77. The monoisotopic (exact) mass is 238 g/mol. The van der Waals surface area contributed by atoms with Crippen molar-refractivity contribution in [2.75, 3.05) is 6.61 Å². The molecule has 0 N–H and O–H groups in total. The van der Waals surface area contributed by atoms with Gasteiger partial charge < -0.3 is 4.74 Å². The van der Waals surface area contributed by atoms with Crippen LogP contribution in [0.15, 0.2) is 35.9 Å². The van der Waals surface area contributed by atoms with Crippen molar-refractivity contribution in [1.82, 2.24) is 0 Å². The Kier molecular flexibility index (Phi) is 5.06. The second kappa shape index (κ2) is 6.33. The molecule has 0 fully saturated rings. The van der Waals surface area contributed by atoms with Crippen LogP contribution in [-0.4, -0.2) is 12.6 Å². The van der Waals surface area contributed by atoms with Gasteiger partial charge >= 0.3 is 5.97 Å². The van der Waals surface area contributed by atoms with Gasteiger partial charge in [-0.25, -0.2) is 0 Å². The maximum atomic E-state index is 11.4. The average Bonchev–Trinajstić information content (AvgIpc) is 2.21. The van der Waals surface area contributed by atoms with Gasteiger partial charge in [0.1, 0.15) is 6.61 Å². The molecule has 0 amide bonds. The van der Waals surface area contributed by atoms with E-state index in [-0.39, 0.29) is 12.4 Å². The van der Waals surface area contributed by atoms with Crippen LogP contribution in [0.5, 0.6) is 0 Å². The zero-order valence-corrected chi connectivity index (χ0v) is 10.3. The molecule has 2 nitrogen and oxygen atoms in total. The largest absolute Gasteiger partial charge is 0.461 e. The van der Waals surface area contributed by atoms with Crippen molar-refractivity contribution in [2.24, 2.45) is 0 Å². The van der Waals surface area contributed by atoms with E-state index in [2.05, 4.69) is 0 Å². The minimum Gasteiger partial charge on any atom is -0.461 e. The molecule has 1 aromatic carbocycles. The van der Waals surface area contributed by atoms with Gasteiger partial charge in [-0.05, 0) is 37.6 Å². The fourth-order valence-electron chi connectivity index (χ4n) is 1.12. The molecular formula is C13H15ClO2. The minimum atomic E-state index is -0.222. The van der Waals surface area contributed by atoms with E-state index in [1.165, 1.54) is 0 Å². The number of carbonyl (C=O) groups excluding carboxylic acids is 1. The van der Waals surface area contributed by atoms with Crippen molar-refractivity contribution in [2.45, 2.75) is 20.3 Å². The van der Waals surface area contributed by atoms with Crippen LogP contribution in [0, 0.1) is 0 Å². The molecule has 0 aromatic heterocycles. The Morgan fingerprint density at radius 1 is 1.31 bits per heavy atom. The normalized spacial score (nSPS) is 9.69. The number of rotatable bonds is 4. The highest BCUT2D eigenvalue weighted by atomic mass is 35.5. The van der Waals surface area contributed by atoms with Gasteiger partial charge in [-0.2, -0.15) is 0 Å². The zero-order chi connectivity index (χ0) is 12.0. The first-order valence-electron chi connectivity index (χ1n) is 5.11. The molecule has 3 heteroatoms. The van der Waals surface area contributed by atoms with Crippen LogP contribution in [-0.2, 0) is 16.0 Å². The summed E-state index contributed by atoms with van der Waals surface area (Å²) in [5.74, 6) is -0.222. The quantitative estimate of drug-likeness (QED) is 0.594. The second-order valence-corrected chi connectivity index (χ2v) is 4.20. The molecule has 0 heterocycles. The Bertz CT molecular complexity index is 375. The van der Waals surface area contributed by atoms with Crippen molar-refractivity contribution in [3.05, 3.63) is 46.5 Å². The highest BCUT2D eigenvalue weighted by Crippen LogP contribution is 2.10. The highest BCUT2D eigenvalue weighted by Gasteiger charge is 2.03. The molecule has 1 aromatic rings. The molecule has 0 spiro atoms. The summed E-state index contributed by atoms with van der Waals surface area (Å²) in [7, 11) is 0. The third kappa shape index (κ3) is 4.99. The highest BCUT2D eigenvalue weighted by molar-refractivity contribution is 6.30. The van der Waals surface area contributed by atoms with E-state index in [9.17, 15) is 4.79 Å². The van der Waals surface area contributed by atoms with Gasteiger partial charge in [-0.1, -0.05) is 29.3 Å². The van der Waals surface area contributed by atoms with E-state index in [0.717, 1.165) is 11.1 Å². The van der Waals surface area contributed by atoms with Gasteiger partial charge in [-0.3, -0.25) is 4.79 Å². The lowest BCUT2D eigenvalue weighted by atomic mass is 10.1. The molecule has 0 unspecified atom stereocenters. The van der Waals surface area contributed by atoms with Gasteiger partial charge in [0.2, 0.25) is 0 Å². The van der Waals surface area contributed by atoms with Crippen LogP contribution in [0.25, 0.3) is 0 Å². The number of allylic oxidation sites excluding steroid dienone is 1. The fraction of sp³-hybridized carbons (Fsp3) is 0.308. The molecule has 86 valence electrons. The SMILES string of the molecule is CC(C)=CCOC(=O)Cc1ccc(Cl)cc1. The zero-order valence-electron chi connectivity index (χ0n) is 9.50. The maximum absolute atomic E-state index is 11.4. The van der Waals surface area contributed by atoms with Crippen LogP contribution in [0.1, 0.15) is 19.4 Å². The van der Waals surface area contributed by atoms with Crippen molar-refractivity contribution >= 4 is 17.6 Å². The Morgan fingerprint density at radius 2 is 1.94 bits per heavy atom. The Labute approximate surface area is 101 Å². The summed E-state index contributed by atoms with van der Waals surface area (Å²) in [4.78, 5) is 11.4. The number of hydrogen-bond donors (Lipinski definition) is 0. The van der Waals surface area contributed by atoms with Crippen LogP contribution >= 0.6 is 11.6 Å². The third-order valence-electron chi connectivity index (χ3n) is 2.00. The van der Waals surface area contributed by atoms with E-state index in [0.29, 0.717) is 11.6 Å². The molecule has 0 radical (unpaired) electrons. The van der Waals surface area contributed by atoms with E-state index in [4.69, 9.17) is 16.3 Å². The molecule has 0 aliphatic rings. The topological polar surface area (TPSA) is 26.3 Å². The first-order chi connectivity index (χ1) is 7.58. The van der Waals surface area contributed by atoms with Gasteiger partial charge in [0.05, 0.1) is 6.42 Å². The summed E-state index contributed by atoms with van der Waals surface area (Å²) in [6.07, 6.45) is 2.16. The molecule has 0 aliphatic carbocycles. The van der Waals surface area contributed by atoms with Gasteiger partial charge in [0.25, 0.3) is 0 Å². The molecule has 16 heavy (non-hydrogen) atoms. The number of ether oxygens (including phenoxy) is 1. The van der Waals surface area contributed by atoms with E-state index in [1.54, 1.807) is 12.1 Å². The van der Waals surface area contributed by atoms with Gasteiger partial charge in [0.15, 0.2) is 0 Å². The van der Waals surface area contributed by atoms with Crippen molar-refractivity contribution in [1.29, 1.82) is 0 Å². The lowest BCUT2D eigenvalue weighted by Crippen LogP contribution is -2.08. The Hall–Kier alpha value is -1.28. The van der Waals surface area contributed by atoms with Gasteiger partial charge in [-0.15, -0.1) is 0 Å². The van der Waals surface area contributed by atoms with Crippen LogP contribution in [0.3, 0.4) is 0 Å². The smallest absolute Gasteiger partial charge is 0.310 e. The minimum absolute atomic E-state index is 0.222. The summed E-state index contributed by atoms with van der Waals surface area (Å²) in [6, 6.07) is 7.18. The molecule has 0 aliphatic heterocycles. The summed E-state index contributed by atoms with van der Waals surface area (Å²) >= 11 is 5.74. The lowest BCUT2D eigenvalue weighted by Gasteiger charge is -2.02. The van der Waals surface area contributed by atoms with E-state index < -0.39 is 0 Å². The number of halogens is 1. The molecular weight excluding hydrogens is 224 g/mol. The Morgan fingerprint density at radius 3 is 2.50 bits per heavy atom. The molecule has 1 rings (SSSR count). The maximum Gasteiger partial charge on any atom is 0.310 e. The average molecular weight is 239 g/mol. The van der Waals surface area contributed by atoms with Crippen molar-refractivity contribution in [3.8, 4) is 0 Å². The Balaban J connectivity index is 2.40. The summed E-state index contributed by atoms with van der Waals surface area (Å²) < 4.78 is 5.04. The van der Waals surface area contributed by atoms with E-state index >= 15 is 0 Å². The third-order valence-corrected chi connectivity index (χ3v) is 2.25. The predicted octanol–water partition coefficient (Wildman–Crippen LogP) is 3.39. The number of hydrogen-bond acceptors (Lipinski definition) is 2. The standard InChI is InChI=1S/C13H15ClO2/c1-10(2)7-8-16-13(15)9-11-3-5-12(14)6-4-11/h3-7H,8-9H2,1-2H3. The summed E-state index contributed by atoms with van der Waals surface area (Å²) in [5, 5.41) is 0.668. The van der Waals surface area contributed by atoms with Crippen LogP contribution in [0.4, 0.5) is 0 Å². The molecule has 0 saturated heterocycles. The fourth-order valence-corrected chi connectivity index (χ4v) is 1.25. The van der Waals surface area contributed by atoms with Crippen LogP contribution < -0.4 is 0 Å². The molecule has 0 saturated carbocycles.